The Morgan fingerprint density at radius 2 is 1.74 bits per heavy atom. The highest BCUT2D eigenvalue weighted by molar-refractivity contribution is 6.04. The number of aryl methyl sites for hydroxylation is 1. The van der Waals surface area contributed by atoms with Crippen molar-refractivity contribution in [3.8, 4) is 11.5 Å². The van der Waals surface area contributed by atoms with Crippen molar-refractivity contribution in [3.63, 3.8) is 0 Å². The molecule has 1 unspecified atom stereocenters. The van der Waals surface area contributed by atoms with E-state index in [0.29, 0.717) is 30.2 Å². The first kappa shape index (κ1) is 18.8. The van der Waals surface area contributed by atoms with Crippen molar-refractivity contribution in [2.24, 2.45) is 0 Å². The number of carbonyl (C=O) groups is 2. The van der Waals surface area contributed by atoms with Crippen molar-refractivity contribution in [1.29, 1.82) is 0 Å². The summed E-state index contributed by atoms with van der Waals surface area (Å²) in [7, 11) is 3.13. The van der Waals surface area contributed by atoms with Gasteiger partial charge in [0.2, 0.25) is 5.91 Å². The Morgan fingerprint density at radius 1 is 1.04 bits per heavy atom. The summed E-state index contributed by atoms with van der Waals surface area (Å²) in [4.78, 5) is 29.2. The fourth-order valence-corrected chi connectivity index (χ4v) is 3.36. The average molecular weight is 368 g/mol. The first-order valence-electron chi connectivity index (χ1n) is 8.88. The summed E-state index contributed by atoms with van der Waals surface area (Å²) in [6.07, 6.45) is 0. The Kier molecular flexibility index (Phi) is 5.35. The van der Waals surface area contributed by atoms with Gasteiger partial charge in [-0.25, -0.2) is 0 Å². The largest absolute Gasteiger partial charge is 0.493 e. The maximum atomic E-state index is 13.0. The van der Waals surface area contributed by atoms with Crippen LogP contribution < -0.4 is 14.4 Å². The molecule has 0 saturated carbocycles. The highest BCUT2D eigenvalue weighted by Crippen LogP contribution is 2.32. The number of nitrogens with zero attached hydrogens (tertiary/aromatic N) is 2. The monoisotopic (exact) mass is 368 g/mol. The fourth-order valence-electron chi connectivity index (χ4n) is 3.36. The van der Waals surface area contributed by atoms with E-state index in [9.17, 15) is 9.59 Å². The molecular formula is C21H24N2O4. The van der Waals surface area contributed by atoms with Gasteiger partial charge in [0.15, 0.2) is 11.5 Å². The SMILES string of the molecule is COc1ccc(N2CCN(C(=O)c3ccccc3C)C(C)C2=O)cc1OC. The summed E-state index contributed by atoms with van der Waals surface area (Å²) < 4.78 is 10.6. The van der Waals surface area contributed by atoms with E-state index >= 15 is 0 Å². The van der Waals surface area contributed by atoms with Gasteiger partial charge in [0.05, 0.1) is 14.2 Å². The van der Waals surface area contributed by atoms with Crippen LogP contribution in [0.5, 0.6) is 11.5 Å². The lowest BCUT2D eigenvalue weighted by atomic mass is 10.0. The lowest BCUT2D eigenvalue weighted by Gasteiger charge is -2.39. The van der Waals surface area contributed by atoms with Crippen molar-refractivity contribution in [3.05, 3.63) is 53.6 Å². The molecule has 0 spiro atoms. The maximum absolute atomic E-state index is 13.0. The van der Waals surface area contributed by atoms with Crippen LogP contribution in [-0.4, -0.2) is 50.1 Å². The van der Waals surface area contributed by atoms with Gasteiger partial charge < -0.3 is 19.3 Å². The highest BCUT2D eigenvalue weighted by Gasteiger charge is 2.35. The zero-order valence-electron chi connectivity index (χ0n) is 16.1. The summed E-state index contributed by atoms with van der Waals surface area (Å²) in [5, 5.41) is 0. The number of benzene rings is 2. The first-order valence-corrected chi connectivity index (χ1v) is 8.88. The molecule has 3 rings (SSSR count). The molecule has 2 amide bonds. The number of hydrogen-bond donors (Lipinski definition) is 0. The molecule has 6 heteroatoms. The van der Waals surface area contributed by atoms with Gasteiger partial charge in [-0.15, -0.1) is 0 Å². The first-order chi connectivity index (χ1) is 13.0. The quantitative estimate of drug-likeness (QED) is 0.833. The zero-order chi connectivity index (χ0) is 19.6. The number of anilines is 1. The highest BCUT2D eigenvalue weighted by atomic mass is 16.5. The van der Waals surface area contributed by atoms with E-state index in [0.717, 1.165) is 11.3 Å². The fraction of sp³-hybridized carbons (Fsp3) is 0.333. The molecule has 0 aromatic heterocycles. The summed E-state index contributed by atoms with van der Waals surface area (Å²) in [5.41, 5.74) is 2.27. The molecule has 1 aliphatic rings. The van der Waals surface area contributed by atoms with Crippen LogP contribution in [0.1, 0.15) is 22.8 Å². The van der Waals surface area contributed by atoms with Crippen molar-refractivity contribution in [2.45, 2.75) is 19.9 Å². The second-order valence-electron chi connectivity index (χ2n) is 6.52. The number of ether oxygens (including phenoxy) is 2. The van der Waals surface area contributed by atoms with E-state index in [4.69, 9.17) is 9.47 Å². The molecule has 27 heavy (non-hydrogen) atoms. The molecule has 1 aliphatic heterocycles. The van der Waals surface area contributed by atoms with Crippen molar-refractivity contribution in [2.75, 3.05) is 32.2 Å². The second kappa shape index (κ2) is 7.70. The maximum Gasteiger partial charge on any atom is 0.254 e. The molecule has 0 radical (unpaired) electrons. The minimum Gasteiger partial charge on any atom is -0.493 e. The smallest absolute Gasteiger partial charge is 0.254 e. The van der Waals surface area contributed by atoms with Gasteiger partial charge in [0.1, 0.15) is 6.04 Å². The molecule has 0 aliphatic carbocycles. The van der Waals surface area contributed by atoms with Crippen LogP contribution in [0.2, 0.25) is 0 Å². The van der Waals surface area contributed by atoms with E-state index in [1.54, 1.807) is 49.1 Å². The molecule has 6 nitrogen and oxygen atoms in total. The second-order valence-corrected chi connectivity index (χ2v) is 6.52. The van der Waals surface area contributed by atoms with Crippen molar-refractivity contribution >= 4 is 17.5 Å². The number of methoxy groups -OCH3 is 2. The molecule has 0 bridgehead atoms. The zero-order valence-corrected chi connectivity index (χ0v) is 16.1. The normalized spacial score (nSPS) is 17.0. The predicted octanol–water partition coefficient (Wildman–Crippen LogP) is 2.89. The number of piperazine rings is 1. The van der Waals surface area contributed by atoms with E-state index in [1.165, 1.54) is 0 Å². The topological polar surface area (TPSA) is 59.1 Å². The molecule has 1 atom stereocenters. The van der Waals surface area contributed by atoms with E-state index in [1.807, 2.05) is 31.2 Å². The van der Waals surface area contributed by atoms with Crippen molar-refractivity contribution in [1.82, 2.24) is 4.90 Å². The minimum absolute atomic E-state index is 0.110. The van der Waals surface area contributed by atoms with Crippen LogP contribution in [0.4, 0.5) is 5.69 Å². The summed E-state index contributed by atoms with van der Waals surface area (Å²) in [6.45, 7) is 4.57. The molecular weight excluding hydrogens is 344 g/mol. The number of carbonyl (C=O) groups excluding carboxylic acids is 2. The van der Waals surface area contributed by atoms with Gasteiger partial charge in [-0.1, -0.05) is 18.2 Å². The van der Waals surface area contributed by atoms with Gasteiger partial charge in [0.25, 0.3) is 5.91 Å². The molecule has 1 saturated heterocycles. The standard InChI is InChI=1S/C21H24N2O4/c1-14-7-5-6-8-17(14)21(25)22-11-12-23(20(24)15(22)2)16-9-10-18(26-3)19(13-16)27-4/h5-10,13,15H,11-12H2,1-4H3. The lowest BCUT2D eigenvalue weighted by Crippen LogP contribution is -2.57. The summed E-state index contributed by atoms with van der Waals surface area (Å²) in [5.74, 6) is 0.945. The minimum atomic E-state index is -0.543. The third kappa shape index (κ3) is 3.47. The number of amides is 2. The van der Waals surface area contributed by atoms with E-state index < -0.39 is 6.04 Å². The number of rotatable bonds is 4. The summed E-state index contributed by atoms with van der Waals surface area (Å²) in [6, 6.07) is 12.3. The van der Waals surface area contributed by atoms with Crippen LogP contribution in [0.25, 0.3) is 0 Å². The predicted molar refractivity (Wildman–Crippen MR) is 104 cm³/mol. The van der Waals surface area contributed by atoms with Gasteiger partial charge in [-0.05, 0) is 37.6 Å². The van der Waals surface area contributed by atoms with Gasteiger partial charge in [-0.2, -0.15) is 0 Å². The third-order valence-electron chi connectivity index (χ3n) is 4.97. The van der Waals surface area contributed by atoms with Gasteiger partial charge in [-0.3, -0.25) is 9.59 Å². The van der Waals surface area contributed by atoms with E-state index in [2.05, 4.69) is 0 Å². The van der Waals surface area contributed by atoms with Crippen LogP contribution in [-0.2, 0) is 4.79 Å². The van der Waals surface area contributed by atoms with Crippen LogP contribution in [0.3, 0.4) is 0 Å². The third-order valence-corrected chi connectivity index (χ3v) is 4.97. The molecule has 0 N–H and O–H groups in total. The molecule has 2 aromatic carbocycles. The average Bonchev–Trinajstić information content (AvgIpc) is 2.69. The Hall–Kier alpha value is -3.02. The Morgan fingerprint density at radius 3 is 2.41 bits per heavy atom. The number of hydrogen-bond acceptors (Lipinski definition) is 4. The van der Waals surface area contributed by atoms with Crippen molar-refractivity contribution < 1.29 is 19.1 Å². The molecule has 1 fully saturated rings. The molecule has 142 valence electrons. The van der Waals surface area contributed by atoms with E-state index in [-0.39, 0.29) is 11.8 Å². The van der Waals surface area contributed by atoms with Crippen LogP contribution in [0.15, 0.2) is 42.5 Å². The Labute approximate surface area is 159 Å². The lowest BCUT2D eigenvalue weighted by molar-refractivity contribution is -0.124. The van der Waals surface area contributed by atoms with Crippen LogP contribution in [0, 0.1) is 6.92 Å². The molecule has 2 aromatic rings. The van der Waals surface area contributed by atoms with Crippen LogP contribution >= 0.6 is 0 Å². The Balaban J connectivity index is 1.83. The summed E-state index contributed by atoms with van der Waals surface area (Å²) >= 11 is 0. The van der Waals surface area contributed by atoms with Gasteiger partial charge >= 0.3 is 0 Å². The van der Waals surface area contributed by atoms with Gasteiger partial charge in [0, 0.05) is 30.4 Å². The Bertz CT molecular complexity index is 865. The molecule has 1 heterocycles.